The van der Waals surface area contributed by atoms with Gasteiger partial charge >= 0.3 is 0 Å². The molecule has 0 bridgehead atoms. The molecule has 0 radical (unpaired) electrons. The third-order valence-corrected chi connectivity index (χ3v) is 6.24. The molecule has 8 heteroatoms. The topological polar surface area (TPSA) is 69.1 Å². The van der Waals surface area contributed by atoms with Crippen LogP contribution in [0.2, 0.25) is 0 Å². The minimum Gasteiger partial charge on any atom is -0.497 e. The molecule has 2 unspecified atom stereocenters. The standard InChI is InChI=1S/C23H34N4O2S.HI/c1-4-24-22(26-17-23(2,28)19-10-13-30-16-19)25-15-21(27-11-5-6-12-27)18-8-7-9-20(14-18)29-3;/h7-10,13-14,16,21,28H,4-6,11-12,15,17H2,1-3H3,(H2,24,25,26);1H. The predicted molar refractivity (Wildman–Crippen MR) is 140 cm³/mol. The van der Waals surface area contributed by atoms with Crippen molar-refractivity contribution in [1.82, 2.24) is 15.5 Å². The van der Waals surface area contributed by atoms with Crippen molar-refractivity contribution in [1.29, 1.82) is 0 Å². The van der Waals surface area contributed by atoms with Gasteiger partial charge in [-0.05, 0) is 79.9 Å². The van der Waals surface area contributed by atoms with Gasteiger partial charge in [0.2, 0.25) is 0 Å². The minimum absolute atomic E-state index is 0. The molecule has 1 fully saturated rings. The van der Waals surface area contributed by atoms with Gasteiger partial charge in [-0.25, -0.2) is 4.99 Å². The normalized spacial score (nSPS) is 17.5. The minimum atomic E-state index is -0.983. The molecule has 172 valence electrons. The molecule has 2 aromatic rings. The second-order valence-electron chi connectivity index (χ2n) is 7.90. The highest BCUT2D eigenvalue weighted by Crippen LogP contribution is 2.27. The van der Waals surface area contributed by atoms with Crippen molar-refractivity contribution in [3.8, 4) is 5.75 Å². The van der Waals surface area contributed by atoms with E-state index in [2.05, 4.69) is 38.7 Å². The number of thiophene rings is 1. The number of rotatable bonds is 9. The first-order valence-corrected chi connectivity index (χ1v) is 11.6. The number of methoxy groups -OCH3 is 1. The summed E-state index contributed by atoms with van der Waals surface area (Å²) < 4.78 is 5.44. The highest BCUT2D eigenvalue weighted by molar-refractivity contribution is 14.0. The maximum absolute atomic E-state index is 10.8. The van der Waals surface area contributed by atoms with Crippen LogP contribution in [0.4, 0.5) is 0 Å². The Morgan fingerprint density at radius 1 is 1.29 bits per heavy atom. The lowest BCUT2D eigenvalue weighted by molar-refractivity contribution is 0.0677. The van der Waals surface area contributed by atoms with E-state index in [-0.39, 0.29) is 30.0 Å². The summed E-state index contributed by atoms with van der Waals surface area (Å²) in [5.74, 6) is 1.60. The van der Waals surface area contributed by atoms with E-state index in [4.69, 9.17) is 4.74 Å². The van der Waals surface area contributed by atoms with Gasteiger partial charge in [0, 0.05) is 13.1 Å². The van der Waals surface area contributed by atoms with E-state index < -0.39 is 5.60 Å². The number of guanidine groups is 1. The average Bonchev–Trinajstić information content (AvgIpc) is 3.47. The summed E-state index contributed by atoms with van der Waals surface area (Å²) in [5, 5.41) is 21.6. The van der Waals surface area contributed by atoms with Gasteiger partial charge in [-0.1, -0.05) is 12.1 Å². The predicted octanol–water partition coefficient (Wildman–Crippen LogP) is 3.97. The molecule has 3 N–H and O–H groups in total. The summed E-state index contributed by atoms with van der Waals surface area (Å²) in [5.41, 5.74) is 1.16. The molecule has 31 heavy (non-hydrogen) atoms. The van der Waals surface area contributed by atoms with Crippen LogP contribution >= 0.6 is 35.3 Å². The molecule has 2 atom stereocenters. The molecule has 1 aromatic carbocycles. The van der Waals surface area contributed by atoms with Gasteiger partial charge in [0.15, 0.2) is 5.96 Å². The van der Waals surface area contributed by atoms with E-state index in [1.54, 1.807) is 18.4 Å². The lowest BCUT2D eigenvalue weighted by atomic mass is 10.00. The molecule has 0 aliphatic carbocycles. The highest BCUT2D eigenvalue weighted by Gasteiger charge is 2.25. The number of ether oxygens (including phenoxy) is 1. The van der Waals surface area contributed by atoms with E-state index in [1.807, 2.05) is 36.7 Å². The third-order valence-electron chi connectivity index (χ3n) is 5.56. The first kappa shape index (κ1) is 25.9. The molecule has 0 spiro atoms. The van der Waals surface area contributed by atoms with E-state index in [0.29, 0.717) is 6.54 Å². The number of hydrogen-bond acceptors (Lipinski definition) is 5. The smallest absolute Gasteiger partial charge is 0.191 e. The maximum Gasteiger partial charge on any atom is 0.191 e. The average molecular weight is 559 g/mol. The van der Waals surface area contributed by atoms with Crippen molar-refractivity contribution < 1.29 is 9.84 Å². The molecule has 1 aliphatic rings. The quantitative estimate of drug-likeness (QED) is 0.247. The van der Waals surface area contributed by atoms with Gasteiger partial charge in [-0.2, -0.15) is 11.3 Å². The molecule has 6 nitrogen and oxygen atoms in total. The summed E-state index contributed by atoms with van der Waals surface area (Å²) in [6.07, 6.45) is 2.47. The number of benzene rings is 1. The SMILES string of the molecule is CCNC(=NCC(C)(O)c1ccsc1)NCC(c1cccc(OC)c1)N1CCCC1.I. The number of nitrogens with one attached hydrogen (secondary N) is 2. The lowest BCUT2D eigenvalue weighted by Gasteiger charge is -2.29. The van der Waals surface area contributed by atoms with Crippen LogP contribution in [0.3, 0.4) is 0 Å². The van der Waals surface area contributed by atoms with Crippen molar-refractivity contribution in [3.05, 3.63) is 52.2 Å². The Morgan fingerprint density at radius 2 is 2.06 bits per heavy atom. The number of likely N-dealkylation sites (tertiary alicyclic amines) is 1. The van der Waals surface area contributed by atoms with Crippen molar-refractivity contribution in [2.24, 2.45) is 4.99 Å². The Hall–Kier alpha value is -1.36. The Labute approximate surface area is 207 Å². The largest absolute Gasteiger partial charge is 0.497 e. The van der Waals surface area contributed by atoms with E-state index >= 15 is 0 Å². The van der Waals surface area contributed by atoms with Crippen LogP contribution in [0.25, 0.3) is 0 Å². The second-order valence-corrected chi connectivity index (χ2v) is 8.68. The van der Waals surface area contributed by atoms with Crippen LogP contribution < -0.4 is 15.4 Å². The Balaban J connectivity index is 0.00000341. The summed E-state index contributed by atoms with van der Waals surface area (Å²) in [4.78, 5) is 7.19. The zero-order valence-corrected chi connectivity index (χ0v) is 21.8. The molecule has 2 heterocycles. The fourth-order valence-electron chi connectivity index (χ4n) is 3.79. The Kier molecular flexibility index (Phi) is 10.5. The number of nitrogens with zero attached hydrogens (tertiary/aromatic N) is 2. The summed E-state index contributed by atoms with van der Waals surface area (Å²) in [6.45, 7) is 7.86. The van der Waals surface area contributed by atoms with Gasteiger partial charge in [-0.15, -0.1) is 24.0 Å². The molecule has 1 aliphatic heterocycles. The molecule has 1 saturated heterocycles. The van der Waals surface area contributed by atoms with Crippen LogP contribution in [0.1, 0.15) is 43.9 Å². The second kappa shape index (κ2) is 12.6. The zero-order chi connectivity index (χ0) is 21.4. The monoisotopic (exact) mass is 558 g/mol. The van der Waals surface area contributed by atoms with E-state index in [9.17, 15) is 5.11 Å². The Morgan fingerprint density at radius 3 is 2.71 bits per heavy atom. The van der Waals surface area contributed by atoms with Crippen molar-refractivity contribution in [2.75, 3.05) is 39.8 Å². The van der Waals surface area contributed by atoms with Gasteiger partial charge in [0.25, 0.3) is 0 Å². The maximum atomic E-state index is 10.8. The fraction of sp³-hybridized carbons (Fsp3) is 0.522. The van der Waals surface area contributed by atoms with Crippen molar-refractivity contribution in [3.63, 3.8) is 0 Å². The summed E-state index contributed by atoms with van der Waals surface area (Å²) in [6, 6.07) is 10.5. The molecular weight excluding hydrogens is 523 g/mol. The summed E-state index contributed by atoms with van der Waals surface area (Å²) >= 11 is 1.58. The van der Waals surface area contributed by atoms with E-state index in [0.717, 1.165) is 43.5 Å². The Bertz CT molecular complexity index is 808. The van der Waals surface area contributed by atoms with Crippen LogP contribution in [-0.2, 0) is 5.60 Å². The van der Waals surface area contributed by atoms with Crippen molar-refractivity contribution >= 4 is 41.3 Å². The molecule has 0 saturated carbocycles. The summed E-state index contributed by atoms with van der Waals surface area (Å²) in [7, 11) is 1.71. The number of hydrogen-bond donors (Lipinski definition) is 3. The van der Waals surface area contributed by atoms with Crippen LogP contribution in [0.15, 0.2) is 46.1 Å². The van der Waals surface area contributed by atoms with Gasteiger partial charge in [0.1, 0.15) is 11.4 Å². The van der Waals surface area contributed by atoms with Gasteiger partial charge in [0.05, 0.1) is 19.7 Å². The molecule has 1 aromatic heterocycles. The zero-order valence-electron chi connectivity index (χ0n) is 18.6. The number of aliphatic imine (C=N–C) groups is 1. The van der Waals surface area contributed by atoms with E-state index in [1.165, 1.54) is 18.4 Å². The lowest BCUT2D eigenvalue weighted by Crippen LogP contribution is -2.43. The number of halogens is 1. The number of aliphatic hydroxyl groups is 1. The van der Waals surface area contributed by atoms with Crippen molar-refractivity contribution in [2.45, 2.75) is 38.3 Å². The highest BCUT2D eigenvalue weighted by atomic mass is 127. The molecular formula is C23H35IN4O2S. The van der Waals surface area contributed by atoms with Gasteiger partial charge < -0.3 is 20.5 Å². The van der Waals surface area contributed by atoms with Crippen LogP contribution in [0, 0.1) is 0 Å². The molecule has 3 rings (SSSR count). The first-order chi connectivity index (χ1) is 14.5. The fourth-order valence-corrected chi connectivity index (χ4v) is 4.57. The van der Waals surface area contributed by atoms with Crippen LogP contribution in [-0.4, -0.2) is 55.8 Å². The van der Waals surface area contributed by atoms with Gasteiger partial charge in [-0.3, -0.25) is 4.90 Å². The van der Waals surface area contributed by atoms with Crippen LogP contribution in [0.5, 0.6) is 5.75 Å². The first-order valence-electron chi connectivity index (χ1n) is 10.7. The third kappa shape index (κ3) is 7.34. The molecule has 0 amide bonds.